The van der Waals surface area contributed by atoms with Gasteiger partial charge in [-0.05, 0) is 60.9 Å². The zero-order valence-electron chi connectivity index (χ0n) is 20.4. The lowest BCUT2D eigenvalue weighted by Gasteiger charge is -2.34. The van der Waals surface area contributed by atoms with Crippen molar-refractivity contribution in [1.29, 1.82) is 0 Å². The molecule has 2 aromatic rings. The van der Waals surface area contributed by atoms with Crippen molar-refractivity contribution < 1.29 is 0 Å². The number of rotatable bonds is 12. The Morgan fingerprint density at radius 3 is 2.29 bits per heavy atom. The molecular weight excluding hydrogens is 372 g/mol. The van der Waals surface area contributed by atoms with Gasteiger partial charge < -0.3 is 0 Å². The van der Waals surface area contributed by atoms with Gasteiger partial charge in [0, 0.05) is 5.41 Å². The standard InChI is InChI=1S/C31H42/c1-6-9-11-13-16-26-17-15-18-27(23-26)31(21-14-12-10-7-2)25(5)28(8-3)29-20-19-24(4)22-30(29)31/h8,15,17-20,22-23H,3,6-7,9-14,16,21H2,1-2,4-5H3. The summed E-state index contributed by atoms with van der Waals surface area (Å²) in [6, 6.07) is 16.6. The van der Waals surface area contributed by atoms with Crippen LogP contribution >= 0.6 is 0 Å². The third kappa shape index (κ3) is 4.89. The van der Waals surface area contributed by atoms with Crippen LogP contribution < -0.4 is 0 Å². The fourth-order valence-corrected chi connectivity index (χ4v) is 5.55. The maximum atomic E-state index is 4.20. The second kappa shape index (κ2) is 11.0. The molecule has 0 saturated heterocycles. The lowest BCUT2D eigenvalue weighted by Crippen LogP contribution is -2.27. The molecule has 0 amide bonds. The summed E-state index contributed by atoms with van der Waals surface area (Å²) < 4.78 is 0. The molecule has 1 unspecified atom stereocenters. The Hall–Kier alpha value is -2.08. The normalized spacial score (nSPS) is 17.8. The van der Waals surface area contributed by atoms with Crippen molar-refractivity contribution in [1.82, 2.24) is 0 Å². The molecule has 0 spiro atoms. The molecule has 0 N–H and O–H groups in total. The minimum absolute atomic E-state index is 0.0158. The van der Waals surface area contributed by atoms with Crippen LogP contribution in [-0.2, 0) is 11.8 Å². The molecule has 0 nitrogen and oxygen atoms in total. The van der Waals surface area contributed by atoms with Crippen LogP contribution in [0.25, 0.3) is 5.57 Å². The smallest absolute Gasteiger partial charge is 0.0423 e. The summed E-state index contributed by atoms with van der Waals surface area (Å²) >= 11 is 0. The van der Waals surface area contributed by atoms with Gasteiger partial charge in [0.05, 0.1) is 0 Å². The molecule has 1 aliphatic carbocycles. The third-order valence-corrected chi connectivity index (χ3v) is 7.32. The molecular formula is C31H42. The van der Waals surface area contributed by atoms with Crippen LogP contribution in [0.5, 0.6) is 0 Å². The summed E-state index contributed by atoms with van der Waals surface area (Å²) in [5, 5.41) is 0. The van der Waals surface area contributed by atoms with E-state index in [9.17, 15) is 0 Å². The fourth-order valence-electron chi connectivity index (χ4n) is 5.55. The number of hydrogen-bond acceptors (Lipinski definition) is 0. The van der Waals surface area contributed by atoms with Gasteiger partial charge in [0.15, 0.2) is 0 Å². The number of benzene rings is 2. The van der Waals surface area contributed by atoms with Crippen LogP contribution in [-0.4, -0.2) is 0 Å². The Bertz CT molecular complexity index is 913. The van der Waals surface area contributed by atoms with E-state index in [4.69, 9.17) is 0 Å². The number of fused-ring (bicyclic) bond motifs is 1. The molecule has 3 rings (SSSR count). The van der Waals surface area contributed by atoms with E-state index in [1.54, 1.807) is 0 Å². The van der Waals surface area contributed by atoms with Crippen molar-refractivity contribution in [2.45, 2.75) is 97.3 Å². The van der Waals surface area contributed by atoms with Crippen molar-refractivity contribution in [3.8, 4) is 0 Å². The van der Waals surface area contributed by atoms with Crippen molar-refractivity contribution in [3.05, 3.63) is 88.5 Å². The first-order valence-electron chi connectivity index (χ1n) is 12.6. The molecule has 0 radical (unpaired) electrons. The molecule has 0 saturated carbocycles. The van der Waals surface area contributed by atoms with Crippen LogP contribution in [0.4, 0.5) is 0 Å². The molecule has 1 atom stereocenters. The summed E-state index contributed by atoms with van der Waals surface area (Å²) in [6.45, 7) is 13.4. The molecule has 166 valence electrons. The first-order valence-corrected chi connectivity index (χ1v) is 12.6. The summed E-state index contributed by atoms with van der Waals surface area (Å²) in [5.74, 6) is 0. The monoisotopic (exact) mass is 414 g/mol. The van der Waals surface area contributed by atoms with Gasteiger partial charge in [0.1, 0.15) is 0 Å². The van der Waals surface area contributed by atoms with Gasteiger partial charge in [-0.15, -0.1) is 0 Å². The summed E-state index contributed by atoms with van der Waals surface area (Å²) in [5.41, 5.74) is 10.0. The summed E-state index contributed by atoms with van der Waals surface area (Å²) in [6.07, 6.45) is 14.9. The minimum Gasteiger partial charge on any atom is -0.0984 e. The Morgan fingerprint density at radius 1 is 0.839 bits per heavy atom. The van der Waals surface area contributed by atoms with Crippen molar-refractivity contribution in [3.63, 3.8) is 0 Å². The zero-order chi connectivity index (χ0) is 22.3. The number of allylic oxidation sites excluding steroid dienone is 3. The molecule has 2 aromatic carbocycles. The van der Waals surface area contributed by atoms with Crippen molar-refractivity contribution in [2.75, 3.05) is 0 Å². The molecule has 31 heavy (non-hydrogen) atoms. The van der Waals surface area contributed by atoms with Gasteiger partial charge >= 0.3 is 0 Å². The van der Waals surface area contributed by atoms with Crippen molar-refractivity contribution >= 4 is 5.57 Å². The van der Waals surface area contributed by atoms with Crippen LogP contribution in [0.1, 0.15) is 106 Å². The van der Waals surface area contributed by atoms with Crippen LogP contribution in [0, 0.1) is 6.92 Å². The van der Waals surface area contributed by atoms with E-state index in [2.05, 4.69) is 82.8 Å². The molecule has 0 fully saturated rings. The highest BCUT2D eigenvalue weighted by atomic mass is 14.5. The Morgan fingerprint density at radius 2 is 1.58 bits per heavy atom. The van der Waals surface area contributed by atoms with E-state index in [0.717, 1.165) is 0 Å². The minimum atomic E-state index is -0.0158. The average molecular weight is 415 g/mol. The predicted molar refractivity (Wildman–Crippen MR) is 138 cm³/mol. The quantitative estimate of drug-likeness (QED) is 0.303. The first kappa shape index (κ1) is 23.6. The van der Waals surface area contributed by atoms with E-state index in [1.807, 2.05) is 0 Å². The van der Waals surface area contributed by atoms with Gasteiger partial charge in [-0.1, -0.05) is 125 Å². The van der Waals surface area contributed by atoms with E-state index in [-0.39, 0.29) is 5.41 Å². The highest BCUT2D eigenvalue weighted by Gasteiger charge is 2.43. The Kier molecular flexibility index (Phi) is 8.35. The lowest BCUT2D eigenvalue weighted by molar-refractivity contribution is 0.505. The van der Waals surface area contributed by atoms with Crippen LogP contribution in [0.15, 0.2) is 60.7 Å². The van der Waals surface area contributed by atoms with E-state index >= 15 is 0 Å². The molecule has 0 heterocycles. The van der Waals surface area contributed by atoms with Gasteiger partial charge in [-0.2, -0.15) is 0 Å². The van der Waals surface area contributed by atoms with E-state index < -0.39 is 0 Å². The van der Waals surface area contributed by atoms with Gasteiger partial charge in [0.25, 0.3) is 0 Å². The van der Waals surface area contributed by atoms with Crippen LogP contribution in [0.2, 0.25) is 0 Å². The highest BCUT2D eigenvalue weighted by molar-refractivity contribution is 5.87. The number of aryl methyl sites for hydroxylation is 2. The van der Waals surface area contributed by atoms with Gasteiger partial charge in [-0.3, -0.25) is 0 Å². The maximum absolute atomic E-state index is 4.20. The molecule has 1 aliphatic rings. The van der Waals surface area contributed by atoms with E-state index in [0.29, 0.717) is 0 Å². The van der Waals surface area contributed by atoms with Gasteiger partial charge in [-0.25, -0.2) is 0 Å². The molecule has 0 bridgehead atoms. The second-order valence-electron chi connectivity index (χ2n) is 9.52. The summed E-state index contributed by atoms with van der Waals surface area (Å²) in [7, 11) is 0. The average Bonchev–Trinajstić information content (AvgIpc) is 3.02. The summed E-state index contributed by atoms with van der Waals surface area (Å²) in [4.78, 5) is 0. The number of hydrogen-bond donors (Lipinski definition) is 0. The Labute approximate surface area is 191 Å². The molecule has 0 heteroatoms. The van der Waals surface area contributed by atoms with Crippen molar-refractivity contribution in [2.24, 2.45) is 0 Å². The SMILES string of the molecule is C=CC1=C(C)C(CCCCCC)(c2cccc(CCCCCC)c2)c2cc(C)ccc21. The number of unbranched alkanes of at least 4 members (excludes halogenated alkanes) is 6. The van der Waals surface area contributed by atoms with Gasteiger partial charge in [0.2, 0.25) is 0 Å². The topological polar surface area (TPSA) is 0 Å². The maximum Gasteiger partial charge on any atom is 0.0423 e. The fraction of sp³-hybridized carbons (Fsp3) is 0.484. The third-order valence-electron chi connectivity index (χ3n) is 7.32. The molecule has 0 aromatic heterocycles. The predicted octanol–water partition coefficient (Wildman–Crippen LogP) is 9.35. The largest absolute Gasteiger partial charge is 0.0984 e. The zero-order valence-corrected chi connectivity index (χ0v) is 20.4. The first-order chi connectivity index (χ1) is 15.1. The molecule has 0 aliphatic heterocycles. The lowest BCUT2D eigenvalue weighted by atomic mass is 9.68. The van der Waals surface area contributed by atoms with Crippen LogP contribution in [0.3, 0.4) is 0 Å². The Balaban J connectivity index is 2.06. The van der Waals surface area contributed by atoms with E-state index in [1.165, 1.54) is 103 Å². The highest BCUT2D eigenvalue weighted by Crippen LogP contribution is 2.53. The second-order valence-corrected chi connectivity index (χ2v) is 9.52.